The van der Waals surface area contributed by atoms with Crippen LogP contribution in [0.2, 0.25) is 0 Å². The molecule has 2 aromatic rings. The molecule has 0 aliphatic carbocycles. The van der Waals surface area contributed by atoms with Gasteiger partial charge in [0.1, 0.15) is 11.5 Å². The van der Waals surface area contributed by atoms with Gasteiger partial charge in [0.15, 0.2) is 0 Å². The Hall–Kier alpha value is -2.31. The van der Waals surface area contributed by atoms with Gasteiger partial charge in [-0.25, -0.2) is 14.6 Å². The maximum Gasteiger partial charge on any atom is 0.405 e. The van der Waals surface area contributed by atoms with Crippen LogP contribution in [0.15, 0.2) is 23.1 Å². The zero-order valence-electron chi connectivity index (χ0n) is 7.60. The van der Waals surface area contributed by atoms with Crippen molar-refractivity contribution < 1.29 is 9.90 Å². The molecule has 2 aromatic heterocycles. The second-order valence-electron chi connectivity index (χ2n) is 2.88. The Kier molecular flexibility index (Phi) is 2.13. The van der Waals surface area contributed by atoms with Gasteiger partial charge >= 0.3 is 11.8 Å². The highest BCUT2D eigenvalue weighted by atomic mass is 16.4. The molecule has 0 aliphatic rings. The molecule has 78 valence electrons. The number of carbonyl (C=O) groups is 1. The minimum absolute atomic E-state index is 0.0216. The van der Waals surface area contributed by atoms with Gasteiger partial charge in [-0.3, -0.25) is 9.38 Å². The summed E-state index contributed by atoms with van der Waals surface area (Å²) < 4.78 is 1.34. The van der Waals surface area contributed by atoms with Gasteiger partial charge in [0.25, 0.3) is 0 Å². The maximum absolute atomic E-state index is 11.4. The first kappa shape index (κ1) is 9.25. The minimum Gasteiger partial charge on any atom is -0.465 e. The minimum atomic E-state index is -1.16. The number of aromatic amines is 1. The second kappa shape index (κ2) is 3.45. The Balaban J connectivity index is 2.36. The van der Waals surface area contributed by atoms with Crippen LogP contribution in [0.1, 0.15) is 5.82 Å². The van der Waals surface area contributed by atoms with Crippen LogP contribution in [0.25, 0.3) is 5.65 Å². The molecule has 7 heteroatoms. The third kappa shape index (κ3) is 1.80. The number of hydrogen-bond donors (Lipinski definition) is 3. The van der Waals surface area contributed by atoms with E-state index in [4.69, 9.17) is 5.11 Å². The zero-order valence-corrected chi connectivity index (χ0v) is 7.60. The normalized spacial score (nSPS) is 10.4. The molecular weight excluding hydrogens is 200 g/mol. The number of amides is 1. The number of carboxylic acid groups (broad SMARTS) is 1. The summed E-state index contributed by atoms with van der Waals surface area (Å²) >= 11 is 0. The summed E-state index contributed by atoms with van der Waals surface area (Å²) in [5, 5.41) is 10.5. The average molecular weight is 208 g/mol. The van der Waals surface area contributed by atoms with Crippen molar-refractivity contribution in [2.45, 2.75) is 6.54 Å². The Morgan fingerprint density at radius 3 is 3.20 bits per heavy atom. The summed E-state index contributed by atoms with van der Waals surface area (Å²) in [6.07, 6.45) is 0.420. The van der Waals surface area contributed by atoms with E-state index < -0.39 is 6.09 Å². The summed E-state index contributed by atoms with van der Waals surface area (Å²) in [4.78, 5) is 28.1. The Morgan fingerprint density at radius 1 is 1.67 bits per heavy atom. The summed E-state index contributed by atoms with van der Waals surface area (Å²) in [7, 11) is 0. The van der Waals surface area contributed by atoms with Crippen LogP contribution >= 0.6 is 0 Å². The van der Waals surface area contributed by atoms with Gasteiger partial charge in [-0.05, 0) is 12.1 Å². The van der Waals surface area contributed by atoms with E-state index in [1.54, 1.807) is 18.3 Å². The fraction of sp³-hybridized carbons (Fsp3) is 0.125. The molecule has 0 radical (unpaired) electrons. The number of hydrogen-bond acceptors (Lipinski definition) is 3. The molecule has 0 bridgehead atoms. The van der Waals surface area contributed by atoms with Gasteiger partial charge in [-0.1, -0.05) is 0 Å². The van der Waals surface area contributed by atoms with E-state index in [0.717, 1.165) is 0 Å². The van der Waals surface area contributed by atoms with Crippen LogP contribution in [0.3, 0.4) is 0 Å². The highest BCUT2D eigenvalue weighted by molar-refractivity contribution is 5.64. The predicted molar refractivity (Wildman–Crippen MR) is 50.7 cm³/mol. The van der Waals surface area contributed by atoms with Crippen LogP contribution in [-0.2, 0) is 6.54 Å². The van der Waals surface area contributed by atoms with Gasteiger partial charge in [0.05, 0.1) is 6.54 Å². The number of rotatable bonds is 2. The smallest absolute Gasteiger partial charge is 0.405 e. The largest absolute Gasteiger partial charge is 0.465 e. The standard InChI is InChI=1S/C8H8N4O3/c13-7-11-5(4-9-8(14)15)10-6-2-1-3-12(6)7/h1-3,9H,4H2,(H,14,15)(H,10,11,13). The Bertz CT molecular complexity index is 556. The molecule has 0 saturated heterocycles. The molecule has 0 spiro atoms. The average Bonchev–Trinajstić information content (AvgIpc) is 2.63. The van der Waals surface area contributed by atoms with Gasteiger partial charge in [-0.2, -0.15) is 0 Å². The first-order valence-electron chi connectivity index (χ1n) is 4.20. The number of H-pyrrole nitrogens is 1. The molecule has 0 aromatic carbocycles. The Labute approximate surface area is 83.4 Å². The quantitative estimate of drug-likeness (QED) is 0.635. The second-order valence-corrected chi connectivity index (χ2v) is 2.88. The lowest BCUT2D eigenvalue weighted by Gasteiger charge is -2.01. The van der Waals surface area contributed by atoms with E-state index >= 15 is 0 Å². The first-order chi connectivity index (χ1) is 7.16. The summed E-state index contributed by atoms with van der Waals surface area (Å²) in [6.45, 7) is -0.0216. The van der Waals surface area contributed by atoms with Crippen LogP contribution in [0, 0.1) is 0 Å². The fourth-order valence-corrected chi connectivity index (χ4v) is 1.23. The van der Waals surface area contributed by atoms with Crippen molar-refractivity contribution in [2.75, 3.05) is 0 Å². The lowest BCUT2D eigenvalue weighted by Crippen LogP contribution is -2.25. The highest BCUT2D eigenvalue weighted by Crippen LogP contribution is 1.96. The molecule has 3 N–H and O–H groups in total. The molecule has 2 rings (SSSR count). The maximum atomic E-state index is 11.4. The summed E-state index contributed by atoms with van der Waals surface area (Å²) in [5.41, 5.74) is 0.146. The number of nitrogens with zero attached hydrogens (tertiary/aromatic N) is 2. The molecule has 0 fully saturated rings. The van der Waals surface area contributed by atoms with Crippen molar-refractivity contribution in [3.8, 4) is 0 Å². The van der Waals surface area contributed by atoms with Crippen LogP contribution in [0.4, 0.5) is 4.79 Å². The molecule has 0 saturated carbocycles. The third-order valence-corrected chi connectivity index (χ3v) is 1.85. The summed E-state index contributed by atoms with van der Waals surface area (Å²) in [5.74, 6) is 0.286. The molecule has 0 atom stereocenters. The molecule has 7 nitrogen and oxygen atoms in total. The van der Waals surface area contributed by atoms with Gasteiger partial charge in [0, 0.05) is 6.20 Å². The molecule has 15 heavy (non-hydrogen) atoms. The molecule has 0 aliphatic heterocycles. The van der Waals surface area contributed by atoms with Crippen molar-refractivity contribution in [2.24, 2.45) is 0 Å². The van der Waals surface area contributed by atoms with E-state index in [9.17, 15) is 9.59 Å². The predicted octanol–water partition coefficient (Wildman–Crippen LogP) is -0.210. The van der Waals surface area contributed by atoms with Crippen LogP contribution < -0.4 is 11.0 Å². The lowest BCUT2D eigenvalue weighted by atomic mass is 10.5. The summed E-state index contributed by atoms with van der Waals surface area (Å²) in [6, 6.07) is 3.35. The SMILES string of the molecule is O=C(O)NCc1nc2cccn2c(=O)[nH]1. The lowest BCUT2D eigenvalue weighted by molar-refractivity contribution is 0.193. The topological polar surface area (TPSA) is 99.5 Å². The molecular formula is C8H8N4O3. The van der Waals surface area contributed by atoms with Crippen LogP contribution in [-0.4, -0.2) is 25.6 Å². The van der Waals surface area contributed by atoms with Gasteiger partial charge in [-0.15, -0.1) is 0 Å². The van der Waals surface area contributed by atoms with Gasteiger partial charge < -0.3 is 10.4 Å². The monoisotopic (exact) mass is 208 g/mol. The molecule has 1 amide bonds. The van der Waals surface area contributed by atoms with E-state index in [2.05, 4.69) is 15.3 Å². The van der Waals surface area contributed by atoms with E-state index in [-0.39, 0.29) is 18.1 Å². The van der Waals surface area contributed by atoms with E-state index in [0.29, 0.717) is 5.65 Å². The van der Waals surface area contributed by atoms with Crippen LogP contribution in [0.5, 0.6) is 0 Å². The zero-order chi connectivity index (χ0) is 10.8. The van der Waals surface area contributed by atoms with Crippen molar-refractivity contribution >= 4 is 11.7 Å². The van der Waals surface area contributed by atoms with Crippen molar-refractivity contribution in [3.05, 3.63) is 34.6 Å². The third-order valence-electron chi connectivity index (χ3n) is 1.85. The number of nitrogens with one attached hydrogen (secondary N) is 2. The molecule has 0 unspecified atom stereocenters. The Morgan fingerprint density at radius 2 is 2.47 bits per heavy atom. The van der Waals surface area contributed by atoms with Gasteiger partial charge in [0.2, 0.25) is 0 Å². The number of fused-ring (bicyclic) bond motifs is 1. The first-order valence-corrected chi connectivity index (χ1v) is 4.20. The van der Waals surface area contributed by atoms with Crippen molar-refractivity contribution in [3.63, 3.8) is 0 Å². The fourth-order valence-electron chi connectivity index (χ4n) is 1.23. The molecule has 2 heterocycles. The van der Waals surface area contributed by atoms with Crippen molar-refractivity contribution in [1.29, 1.82) is 0 Å². The van der Waals surface area contributed by atoms with Crippen molar-refractivity contribution in [1.82, 2.24) is 19.7 Å². The number of aromatic nitrogens is 3. The highest BCUT2D eigenvalue weighted by Gasteiger charge is 2.03. The van der Waals surface area contributed by atoms with E-state index in [1.165, 1.54) is 4.40 Å². The van der Waals surface area contributed by atoms with E-state index in [1.807, 2.05) is 0 Å².